The Labute approximate surface area is 145 Å². The van der Waals surface area contributed by atoms with Gasteiger partial charge < -0.3 is 9.88 Å². The molecule has 1 N–H and O–H groups in total. The summed E-state index contributed by atoms with van der Waals surface area (Å²) in [6.07, 6.45) is 0.838. The molecule has 0 fully saturated rings. The summed E-state index contributed by atoms with van der Waals surface area (Å²) in [4.78, 5) is 12.2. The second-order valence-electron chi connectivity index (χ2n) is 5.40. The molecular formula is C18H20N4OS. The minimum Gasteiger partial charge on any atom is -0.325 e. The van der Waals surface area contributed by atoms with Crippen LogP contribution < -0.4 is 5.32 Å². The van der Waals surface area contributed by atoms with Crippen LogP contribution in [0.15, 0.2) is 47.6 Å². The number of aryl methyl sites for hydroxylation is 1. The van der Waals surface area contributed by atoms with Crippen LogP contribution in [0.3, 0.4) is 0 Å². The molecule has 1 heterocycles. The minimum atomic E-state index is -0.0426. The van der Waals surface area contributed by atoms with E-state index in [1.165, 1.54) is 11.8 Å². The zero-order valence-corrected chi connectivity index (χ0v) is 14.6. The Morgan fingerprint density at radius 2 is 1.92 bits per heavy atom. The molecule has 3 aromatic rings. The Balaban J connectivity index is 1.63. The van der Waals surface area contributed by atoms with Crippen molar-refractivity contribution in [2.75, 3.05) is 11.1 Å². The molecular weight excluding hydrogens is 320 g/mol. The lowest BCUT2D eigenvalue weighted by atomic mass is 10.1. The van der Waals surface area contributed by atoms with Gasteiger partial charge in [-0.15, -0.1) is 10.2 Å². The molecule has 0 saturated carbocycles. The summed E-state index contributed by atoms with van der Waals surface area (Å²) in [5.74, 6) is 1.23. The topological polar surface area (TPSA) is 59.8 Å². The van der Waals surface area contributed by atoms with Crippen LogP contribution in [-0.4, -0.2) is 26.4 Å². The van der Waals surface area contributed by atoms with Gasteiger partial charge in [-0.1, -0.05) is 49.0 Å². The number of nitrogens with one attached hydrogen (secondary N) is 1. The van der Waals surface area contributed by atoms with Crippen molar-refractivity contribution in [3.63, 3.8) is 0 Å². The second kappa shape index (κ2) is 7.49. The van der Waals surface area contributed by atoms with E-state index in [9.17, 15) is 4.79 Å². The Hall–Kier alpha value is -2.34. The summed E-state index contributed by atoms with van der Waals surface area (Å²) in [5.41, 5.74) is 0.811. The molecule has 0 atom stereocenters. The molecule has 0 radical (unpaired) electrons. The predicted molar refractivity (Wildman–Crippen MR) is 98.4 cm³/mol. The van der Waals surface area contributed by atoms with Crippen LogP contribution in [0.4, 0.5) is 5.69 Å². The lowest BCUT2D eigenvalue weighted by Crippen LogP contribution is -2.14. The maximum absolute atomic E-state index is 12.2. The Morgan fingerprint density at radius 1 is 1.12 bits per heavy atom. The third kappa shape index (κ3) is 3.59. The van der Waals surface area contributed by atoms with Crippen molar-refractivity contribution in [2.45, 2.75) is 32.0 Å². The van der Waals surface area contributed by atoms with Crippen molar-refractivity contribution in [1.82, 2.24) is 14.8 Å². The number of benzene rings is 2. The number of nitrogens with zero attached hydrogens (tertiary/aromatic N) is 3. The number of aromatic nitrogens is 3. The van der Waals surface area contributed by atoms with Crippen LogP contribution in [0.25, 0.3) is 10.8 Å². The number of carbonyl (C=O) groups is 1. The van der Waals surface area contributed by atoms with Gasteiger partial charge in [-0.05, 0) is 29.8 Å². The molecule has 2 aromatic carbocycles. The maximum Gasteiger partial charge on any atom is 0.234 e. The summed E-state index contributed by atoms with van der Waals surface area (Å²) in [6.45, 7) is 4.92. The van der Waals surface area contributed by atoms with E-state index in [0.717, 1.165) is 40.4 Å². The monoisotopic (exact) mass is 340 g/mol. The van der Waals surface area contributed by atoms with E-state index in [0.29, 0.717) is 5.75 Å². The van der Waals surface area contributed by atoms with Gasteiger partial charge in [0, 0.05) is 18.7 Å². The van der Waals surface area contributed by atoms with Crippen LogP contribution in [0, 0.1) is 0 Å². The number of carbonyl (C=O) groups excluding carboxylic acids is 1. The molecule has 5 nitrogen and oxygen atoms in total. The Bertz CT molecular complexity index is 859. The van der Waals surface area contributed by atoms with Crippen molar-refractivity contribution in [3.05, 3.63) is 48.3 Å². The smallest absolute Gasteiger partial charge is 0.234 e. The van der Waals surface area contributed by atoms with Crippen molar-refractivity contribution in [1.29, 1.82) is 0 Å². The van der Waals surface area contributed by atoms with Gasteiger partial charge in [0.25, 0.3) is 0 Å². The van der Waals surface area contributed by atoms with Gasteiger partial charge in [-0.25, -0.2) is 0 Å². The fraction of sp³-hybridized carbons (Fsp3) is 0.278. The number of hydrogen-bond acceptors (Lipinski definition) is 4. The largest absolute Gasteiger partial charge is 0.325 e. The third-order valence-corrected chi connectivity index (χ3v) is 4.76. The molecule has 124 valence electrons. The molecule has 0 saturated heterocycles. The van der Waals surface area contributed by atoms with Crippen LogP contribution in [-0.2, 0) is 17.8 Å². The van der Waals surface area contributed by atoms with E-state index in [4.69, 9.17) is 0 Å². The van der Waals surface area contributed by atoms with Crippen molar-refractivity contribution < 1.29 is 4.79 Å². The summed E-state index contributed by atoms with van der Waals surface area (Å²) in [5, 5.41) is 14.3. The lowest BCUT2D eigenvalue weighted by molar-refractivity contribution is -0.113. The number of amides is 1. The van der Waals surface area contributed by atoms with E-state index < -0.39 is 0 Å². The first-order valence-electron chi connectivity index (χ1n) is 8.04. The predicted octanol–water partition coefficient (Wildman–Crippen LogP) is 3.74. The third-order valence-electron chi connectivity index (χ3n) is 3.79. The normalized spacial score (nSPS) is 10.9. The highest BCUT2D eigenvalue weighted by Crippen LogP contribution is 2.20. The summed E-state index contributed by atoms with van der Waals surface area (Å²) in [6, 6.07) is 14.0. The van der Waals surface area contributed by atoms with E-state index >= 15 is 0 Å². The average Bonchev–Trinajstić information content (AvgIpc) is 3.02. The zero-order chi connectivity index (χ0) is 16.9. The Morgan fingerprint density at radius 3 is 2.67 bits per heavy atom. The van der Waals surface area contributed by atoms with Crippen LogP contribution in [0.5, 0.6) is 0 Å². The maximum atomic E-state index is 12.2. The average molecular weight is 340 g/mol. The van der Waals surface area contributed by atoms with Crippen molar-refractivity contribution in [3.8, 4) is 0 Å². The standard InChI is InChI=1S/C18H20N4OS/c1-3-16-20-21-18(22(16)4-2)24-12-17(23)19-15-10-9-13-7-5-6-8-14(13)11-15/h5-11H,3-4,12H2,1-2H3,(H,19,23). The highest BCUT2D eigenvalue weighted by atomic mass is 32.2. The number of thioether (sulfide) groups is 1. The first-order valence-corrected chi connectivity index (χ1v) is 9.03. The number of rotatable bonds is 6. The van der Waals surface area contributed by atoms with Gasteiger partial charge in [0.05, 0.1) is 5.75 Å². The summed E-state index contributed by atoms with van der Waals surface area (Å²) < 4.78 is 2.05. The second-order valence-corrected chi connectivity index (χ2v) is 6.34. The van der Waals surface area contributed by atoms with E-state index in [1.807, 2.05) is 41.0 Å². The first-order chi connectivity index (χ1) is 11.7. The molecule has 0 spiro atoms. The van der Waals surface area contributed by atoms with Crippen molar-refractivity contribution >= 4 is 34.1 Å². The molecule has 24 heavy (non-hydrogen) atoms. The highest BCUT2D eigenvalue weighted by molar-refractivity contribution is 7.99. The molecule has 6 heteroatoms. The molecule has 0 aliphatic carbocycles. The molecule has 0 aliphatic rings. The quantitative estimate of drug-likeness (QED) is 0.694. The van der Waals surface area contributed by atoms with Gasteiger partial charge in [0.1, 0.15) is 5.82 Å². The van der Waals surface area contributed by atoms with Crippen molar-refractivity contribution in [2.24, 2.45) is 0 Å². The lowest BCUT2D eigenvalue weighted by Gasteiger charge is -2.08. The van der Waals surface area contributed by atoms with Crippen LogP contribution in [0.1, 0.15) is 19.7 Å². The molecule has 1 aromatic heterocycles. The van der Waals surface area contributed by atoms with Gasteiger partial charge in [0.2, 0.25) is 5.91 Å². The van der Waals surface area contributed by atoms with E-state index in [-0.39, 0.29) is 5.91 Å². The molecule has 1 amide bonds. The van der Waals surface area contributed by atoms with E-state index in [1.54, 1.807) is 0 Å². The number of anilines is 1. The highest BCUT2D eigenvalue weighted by Gasteiger charge is 2.12. The SMILES string of the molecule is CCc1nnc(SCC(=O)Nc2ccc3ccccc3c2)n1CC. The molecule has 0 unspecified atom stereocenters. The molecule has 0 aliphatic heterocycles. The molecule has 0 bridgehead atoms. The fourth-order valence-corrected chi connectivity index (χ4v) is 3.42. The van der Waals surface area contributed by atoms with Gasteiger partial charge >= 0.3 is 0 Å². The molecule has 3 rings (SSSR count). The Kier molecular flexibility index (Phi) is 5.15. The summed E-state index contributed by atoms with van der Waals surface area (Å²) >= 11 is 1.42. The zero-order valence-electron chi connectivity index (χ0n) is 13.8. The minimum absolute atomic E-state index is 0.0426. The van der Waals surface area contributed by atoms with Gasteiger partial charge in [-0.2, -0.15) is 0 Å². The summed E-state index contributed by atoms with van der Waals surface area (Å²) in [7, 11) is 0. The number of hydrogen-bond donors (Lipinski definition) is 1. The first kappa shape index (κ1) is 16.5. The van der Waals surface area contributed by atoms with E-state index in [2.05, 4.69) is 35.4 Å². The van der Waals surface area contributed by atoms with Gasteiger partial charge in [-0.3, -0.25) is 4.79 Å². The number of fused-ring (bicyclic) bond motifs is 1. The van der Waals surface area contributed by atoms with Gasteiger partial charge in [0.15, 0.2) is 5.16 Å². The fourth-order valence-electron chi connectivity index (χ4n) is 2.60. The van der Waals surface area contributed by atoms with Crippen LogP contribution >= 0.6 is 11.8 Å². The van der Waals surface area contributed by atoms with Crippen LogP contribution in [0.2, 0.25) is 0 Å².